The first-order valence-corrected chi connectivity index (χ1v) is 7.88. The average molecular weight is 371 g/mol. The number of hydrogen-bond donors (Lipinski definition) is 1. The zero-order valence-corrected chi connectivity index (χ0v) is 13.9. The van der Waals surface area contributed by atoms with Crippen LogP contribution in [0.5, 0.6) is 6.01 Å². The Kier molecular flexibility index (Phi) is 5.01. The average Bonchev–Trinajstić information content (AvgIpc) is 2.51. The second kappa shape index (κ2) is 7.19. The molecule has 0 saturated carbocycles. The standard InChI is InChI=1S/C15H13Cl2FN4O2/c16-10-2-1-9(13(17)3-10)4-21-15(23)22-7-12(8-22)24-14-19-5-11(18)6-20-14/h1-3,5-6,12H,4,7-8H2,(H,21,23). The summed E-state index contributed by atoms with van der Waals surface area (Å²) < 4.78 is 18.1. The van der Waals surface area contributed by atoms with Crippen LogP contribution in [-0.4, -0.2) is 40.1 Å². The van der Waals surface area contributed by atoms with Crippen molar-refractivity contribution in [3.8, 4) is 6.01 Å². The number of aromatic nitrogens is 2. The number of rotatable bonds is 4. The molecule has 0 atom stereocenters. The van der Waals surface area contributed by atoms with E-state index in [1.807, 2.05) is 0 Å². The van der Waals surface area contributed by atoms with Crippen molar-refractivity contribution < 1.29 is 13.9 Å². The first-order chi connectivity index (χ1) is 11.5. The number of hydrogen-bond acceptors (Lipinski definition) is 4. The van der Waals surface area contributed by atoms with Crippen LogP contribution in [0.2, 0.25) is 10.0 Å². The van der Waals surface area contributed by atoms with Gasteiger partial charge in [0.25, 0.3) is 0 Å². The van der Waals surface area contributed by atoms with Gasteiger partial charge in [-0.05, 0) is 17.7 Å². The molecule has 0 unspecified atom stereocenters. The van der Waals surface area contributed by atoms with Crippen molar-refractivity contribution in [3.05, 3.63) is 52.0 Å². The smallest absolute Gasteiger partial charge is 0.317 e. The van der Waals surface area contributed by atoms with Crippen molar-refractivity contribution in [3.63, 3.8) is 0 Å². The molecule has 1 saturated heterocycles. The molecule has 2 amide bonds. The van der Waals surface area contributed by atoms with E-state index >= 15 is 0 Å². The monoisotopic (exact) mass is 370 g/mol. The van der Waals surface area contributed by atoms with Crippen molar-refractivity contribution in [1.29, 1.82) is 0 Å². The van der Waals surface area contributed by atoms with Crippen molar-refractivity contribution in [2.45, 2.75) is 12.6 Å². The Balaban J connectivity index is 1.44. The van der Waals surface area contributed by atoms with Crippen LogP contribution in [-0.2, 0) is 6.54 Å². The Morgan fingerprint density at radius 1 is 1.33 bits per heavy atom. The lowest BCUT2D eigenvalue weighted by Crippen LogP contribution is -2.58. The van der Waals surface area contributed by atoms with Crippen molar-refractivity contribution in [1.82, 2.24) is 20.2 Å². The fourth-order valence-electron chi connectivity index (χ4n) is 2.14. The number of urea groups is 1. The van der Waals surface area contributed by atoms with Gasteiger partial charge in [0.2, 0.25) is 0 Å². The van der Waals surface area contributed by atoms with Gasteiger partial charge in [0.15, 0.2) is 5.82 Å². The molecule has 6 nitrogen and oxygen atoms in total. The van der Waals surface area contributed by atoms with Crippen LogP contribution < -0.4 is 10.1 Å². The number of benzene rings is 1. The summed E-state index contributed by atoms with van der Waals surface area (Å²) in [6, 6.07) is 4.97. The molecular formula is C15H13Cl2FN4O2. The maximum atomic E-state index is 12.7. The van der Waals surface area contributed by atoms with Crippen LogP contribution in [0.25, 0.3) is 0 Å². The minimum absolute atomic E-state index is 0.0920. The lowest BCUT2D eigenvalue weighted by atomic mass is 10.2. The maximum absolute atomic E-state index is 12.7. The molecule has 9 heteroatoms. The van der Waals surface area contributed by atoms with Crippen LogP contribution in [0.4, 0.5) is 9.18 Å². The van der Waals surface area contributed by atoms with Gasteiger partial charge >= 0.3 is 12.0 Å². The highest BCUT2D eigenvalue weighted by Gasteiger charge is 2.32. The second-order valence-electron chi connectivity index (χ2n) is 5.22. The van der Waals surface area contributed by atoms with E-state index in [-0.39, 0.29) is 18.1 Å². The van der Waals surface area contributed by atoms with E-state index in [0.717, 1.165) is 18.0 Å². The normalized spacial score (nSPS) is 14.2. The summed E-state index contributed by atoms with van der Waals surface area (Å²) in [5.74, 6) is -0.530. The molecular weight excluding hydrogens is 358 g/mol. The second-order valence-corrected chi connectivity index (χ2v) is 6.07. The molecule has 1 aromatic heterocycles. The lowest BCUT2D eigenvalue weighted by Gasteiger charge is -2.38. The Morgan fingerprint density at radius 3 is 2.71 bits per heavy atom. The van der Waals surface area contributed by atoms with Gasteiger partial charge in [0.05, 0.1) is 25.5 Å². The largest absolute Gasteiger partial charge is 0.456 e. The number of nitrogens with one attached hydrogen (secondary N) is 1. The summed E-state index contributed by atoms with van der Waals surface area (Å²) in [7, 11) is 0. The van der Waals surface area contributed by atoms with Crippen molar-refractivity contribution in [2.75, 3.05) is 13.1 Å². The molecule has 1 aliphatic heterocycles. The summed E-state index contributed by atoms with van der Waals surface area (Å²) in [4.78, 5) is 21.0. The summed E-state index contributed by atoms with van der Waals surface area (Å²) >= 11 is 11.9. The van der Waals surface area contributed by atoms with Crippen LogP contribution in [0.15, 0.2) is 30.6 Å². The number of nitrogens with zero attached hydrogens (tertiary/aromatic N) is 3. The van der Waals surface area contributed by atoms with Gasteiger partial charge in [-0.25, -0.2) is 19.2 Å². The van der Waals surface area contributed by atoms with Crippen LogP contribution in [0.3, 0.4) is 0 Å². The summed E-state index contributed by atoms with van der Waals surface area (Å²) in [6.45, 7) is 1.11. The third-order valence-corrected chi connectivity index (χ3v) is 4.04. The topological polar surface area (TPSA) is 67.4 Å². The van der Waals surface area contributed by atoms with Crippen LogP contribution >= 0.6 is 23.2 Å². The van der Waals surface area contributed by atoms with E-state index in [0.29, 0.717) is 29.7 Å². The Hall–Kier alpha value is -2.12. The van der Waals surface area contributed by atoms with E-state index in [1.54, 1.807) is 23.1 Å². The van der Waals surface area contributed by atoms with Crippen LogP contribution in [0.1, 0.15) is 5.56 Å². The molecule has 1 fully saturated rings. The zero-order chi connectivity index (χ0) is 17.1. The highest BCUT2D eigenvalue weighted by atomic mass is 35.5. The number of carbonyl (C=O) groups excluding carboxylic acids is 1. The van der Waals surface area contributed by atoms with E-state index in [9.17, 15) is 9.18 Å². The van der Waals surface area contributed by atoms with E-state index in [1.165, 1.54) is 0 Å². The quantitative estimate of drug-likeness (QED) is 0.898. The molecule has 1 aromatic carbocycles. The molecule has 0 spiro atoms. The molecule has 0 aliphatic carbocycles. The number of halogens is 3. The Bertz CT molecular complexity index is 739. The number of carbonyl (C=O) groups is 1. The highest BCUT2D eigenvalue weighted by Crippen LogP contribution is 2.21. The predicted octanol–water partition coefficient (Wildman–Crippen LogP) is 2.90. The molecule has 126 valence electrons. The SMILES string of the molecule is O=C(NCc1ccc(Cl)cc1Cl)N1CC(Oc2ncc(F)cn2)C1. The molecule has 1 N–H and O–H groups in total. The van der Waals surface area contributed by atoms with E-state index in [2.05, 4.69) is 15.3 Å². The third-order valence-electron chi connectivity index (χ3n) is 3.45. The molecule has 1 aliphatic rings. The fraction of sp³-hybridized carbons (Fsp3) is 0.267. The maximum Gasteiger partial charge on any atom is 0.317 e. The molecule has 3 rings (SSSR count). The summed E-state index contributed by atoms with van der Waals surface area (Å²) in [6.07, 6.45) is 1.85. The number of ether oxygens (including phenoxy) is 1. The Morgan fingerprint density at radius 2 is 2.04 bits per heavy atom. The third kappa shape index (κ3) is 4.04. The first-order valence-electron chi connectivity index (χ1n) is 7.12. The van der Waals surface area contributed by atoms with Crippen LogP contribution in [0, 0.1) is 5.82 Å². The molecule has 24 heavy (non-hydrogen) atoms. The molecule has 2 aromatic rings. The molecule has 0 radical (unpaired) electrons. The highest BCUT2D eigenvalue weighted by molar-refractivity contribution is 6.35. The van der Waals surface area contributed by atoms with Gasteiger partial charge in [0.1, 0.15) is 6.10 Å². The predicted molar refractivity (Wildman–Crippen MR) is 86.7 cm³/mol. The van der Waals surface area contributed by atoms with Crippen molar-refractivity contribution >= 4 is 29.2 Å². The van der Waals surface area contributed by atoms with Gasteiger partial charge < -0.3 is 15.0 Å². The number of amides is 2. The summed E-state index contributed by atoms with van der Waals surface area (Å²) in [5, 5.41) is 3.82. The van der Waals surface area contributed by atoms with Gasteiger partial charge in [-0.3, -0.25) is 0 Å². The van der Waals surface area contributed by atoms with E-state index in [4.69, 9.17) is 27.9 Å². The molecule has 2 heterocycles. The minimum atomic E-state index is -0.530. The van der Waals surface area contributed by atoms with Gasteiger partial charge in [0, 0.05) is 16.6 Å². The van der Waals surface area contributed by atoms with Gasteiger partial charge in [-0.15, -0.1) is 0 Å². The first kappa shape index (κ1) is 16.7. The minimum Gasteiger partial charge on any atom is -0.456 e. The summed E-state index contributed by atoms with van der Waals surface area (Å²) in [5.41, 5.74) is 0.780. The van der Waals surface area contributed by atoms with Crippen molar-refractivity contribution in [2.24, 2.45) is 0 Å². The zero-order valence-electron chi connectivity index (χ0n) is 12.4. The van der Waals surface area contributed by atoms with E-state index < -0.39 is 5.82 Å². The van der Waals surface area contributed by atoms with Gasteiger partial charge in [-0.2, -0.15) is 0 Å². The lowest BCUT2D eigenvalue weighted by molar-refractivity contribution is 0.0378. The number of likely N-dealkylation sites (tertiary alicyclic amines) is 1. The Labute approximate surface area is 147 Å². The van der Waals surface area contributed by atoms with Gasteiger partial charge in [-0.1, -0.05) is 29.3 Å². The molecule has 0 bridgehead atoms. The fourth-order valence-corrected chi connectivity index (χ4v) is 2.61.